The summed E-state index contributed by atoms with van der Waals surface area (Å²) in [6.45, 7) is 2.19. The Hall–Kier alpha value is -1.56. The van der Waals surface area contributed by atoms with Crippen LogP contribution in [0.25, 0.3) is 0 Å². The zero-order valence-electron chi connectivity index (χ0n) is 12.9. The van der Waals surface area contributed by atoms with Gasteiger partial charge in [-0.15, -0.1) is 0 Å². The van der Waals surface area contributed by atoms with Crippen LogP contribution in [0.4, 0.5) is 0 Å². The van der Waals surface area contributed by atoms with Gasteiger partial charge < -0.3 is 15.4 Å². The summed E-state index contributed by atoms with van der Waals surface area (Å²) < 4.78 is 5.95. The number of hydrogen-bond acceptors (Lipinski definition) is 3. The number of aliphatic imine (C=N–C) groups is 1. The molecule has 6 nitrogen and oxygen atoms in total. The zero-order chi connectivity index (χ0) is 14.8. The third kappa shape index (κ3) is 6.16. The SMILES string of the molecule is CN=C(NCCOC1CCCCCC1)NCc1ccn[nH]1. The van der Waals surface area contributed by atoms with E-state index in [1.165, 1.54) is 38.5 Å². The number of aromatic nitrogens is 2. The van der Waals surface area contributed by atoms with E-state index in [1.54, 1.807) is 13.2 Å². The molecule has 0 saturated heterocycles. The van der Waals surface area contributed by atoms with Crippen LogP contribution < -0.4 is 10.6 Å². The van der Waals surface area contributed by atoms with E-state index in [0.717, 1.165) is 24.8 Å². The van der Waals surface area contributed by atoms with Gasteiger partial charge in [0.1, 0.15) is 0 Å². The Labute approximate surface area is 126 Å². The highest BCUT2D eigenvalue weighted by Crippen LogP contribution is 2.19. The third-order valence-electron chi connectivity index (χ3n) is 3.78. The van der Waals surface area contributed by atoms with Gasteiger partial charge in [-0.3, -0.25) is 10.1 Å². The lowest BCUT2D eigenvalue weighted by Gasteiger charge is -2.16. The smallest absolute Gasteiger partial charge is 0.191 e. The first-order valence-electron chi connectivity index (χ1n) is 7.93. The molecular weight excluding hydrogens is 266 g/mol. The van der Waals surface area contributed by atoms with Crippen molar-refractivity contribution in [2.24, 2.45) is 4.99 Å². The number of hydrogen-bond donors (Lipinski definition) is 3. The highest BCUT2D eigenvalue weighted by molar-refractivity contribution is 5.79. The average molecular weight is 293 g/mol. The lowest BCUT2D eigenvalue weighted by molar-refractivity contribution is 0.0468. The van der Waals surface area contributed by atoms with Crippen molar-refractivity contribution >= 4 is 5.96 Å². The van der Waals surface area contributed by atoms with Gasteiger partial charge in [-0.2, -0.15) is 5.10 Å². The molecule has 1 fully saturated rings. The quantitative estimate of drug-likeness (QED) is 0.324. The Morgan fingerprint density at radius 2 is 2.14 bits per heavy atom. The molecule has 2 rings (SSSR count). The van der Waals surface area contributed by atoms with E-state index in [-0.39, 0.29) is 0 Å². The van der Waals surface area contributed by atoms with Gasteiger partial charge in [-0.1, -0.05) is 25.7 Å². The van der Waals surface area contributed by atoms with Crippen LogP contribution in [-0.4, -0.2) is 42.5 Å². The molecule has 118 valence electrons. The molecule has 21 heavy (non-hydrogen) atoms. The van der Waals surface area contributed by atoms with Crippen LogP contribution in [0.3, 0.4) is 0 Å². The van der Waals surface area contributed by atoms with Gasteiger partial charge in [0.25, 0.3) is 0 Å². The summed E-state index contributed by atoms with van der Waals surface area (Å²) in [6, 6.07) is 1.94. The maximum Gasteiger partial charge on any atom is 0.191 e. The molecule has 1 aliphatic carbocycles. The van der Waals surface area contributed by atoms with Crippen molar-refractivity contribution in [3.63, 3.8) is 0 Å². The van der Waals surface area contributed by atoms with Crippen LogP contribution in [0.1, 0.15) is 44.2 Å². The second kappa shape index (κ2) is 9.39. The van der Waals surface area contributed by atoms with E-state index in [0.29, 0.717) is 12.6 Å². The van der Waals surface area contributed by atoms with E-state index in [2.05, 4.69) is 25.8 Å². The number of nitrogens with one attached hydrogen (secondary N) is 3. The van der Waals surface area contributed by atoms with E-state index in [4.69, 9.17) is 4.74 Å². The van der Waals surface area contributed by atoms with Gasteiger partial charge in [-0.05, 0) is 18.9 Å². The molecule has 0 aliphatic heterocycles. The predicted molar refractivity (Wildman–Crippen MR) is 84.2 cm³/mol. The van der Waals surface area contributed by atoms with Crippen LogP contribution in [-0.2, 0) is 11.3 Å². The van der Waals surface area contributed by atoms with Gasteiger partial charge in [0.15, 0.2) is 5.96 Å². The van der Waals surface area contributed by atoms with E-state index < -0.39 is 0 Å². The highest BCUT2D eigenvalue weighted by atomic mass is 16.5. The van der Waals surface area contributed by atoms with Crippen molar-refractivity contribution in [2.45, 2.75) is 51.2 Å². The molecule has 1 aliphatic rings. The molecule has 1 aromatic rings. The van der Waals surface area contributed by atoms with Crippen molar-refractivity contribution in [3.05, 3.63) is 18.0 Å². The molecule has 0 aromatic carbocycles. The van der Waals surface area contributed by atoms with Crippen LogP contribution in [0.2, 0.25) is 0 Å². The van der Waals surface area contributed by atoms with Crippen molar-refractivity contribution < 1.29 is 4.74 Å². The largest absolute Gasteiger partial charge is 0.376 e. The summed E-state index contributed by atoms with van der Waals surface area (Å²) in [5.41, 5.74) is 1.03. The van der Waals surface area contributed by atoms with Crippen molar-refractivity contribution in [1.29, 1.82) is 0 Å². The third-order valence-corrected chi connectivity index (χ3v) is 3.78. The Bertz CT molecular complexity index is 396. The van der Waals surface area contributed by atoms with Gasteiger partial charge in [0, 0.05) is 19.8 Å². The Morgan fingerprint density at radius 3 is 2.81 bits per heavy atom. The fraction of sp³-hybridized carbons (Fsp3) is 0.733. The number of aromatic amines is 1. The standard InChI is InChI=1S/C15H27N5O/c1-16-15(18-12-13-8-9-19-20-13)17-10-11-21-14-6-4-2-3-5-7-14/h8-9,14H,2-7,10-12H2,1H3,(H,19,20)(H2,16,17,18). The molecule has 0 radical (unpaired) electrons. The Balaban J connectivity index is 1.57. The van der Waals surface area contributed by atoms with Gasteiger partial charge in [-0.25, -0.2) is 0 Å². The van der Waals surface area contributed by atoms with E-state index >= 15 is 0 Å². The normalized spacial score (nSPS) is 17.5. The fourth-order valence-corrected chi connectivity index (χ4v) is 2.59. The lowest BCUT2D eigenvalue weighted by atomic mass is 10.1. The topological polar surface area (TPSA) is 74.3 Å². The maximum absolute atomic E-state index is 5.95. The predicted octanol–water partition coefficient (Wildman–Crippen LogP) is 1.81. The first-order valence-corrected chi connectivity index (χ1v) is 7.93. The molecule has 0 amide bonds. The van der Waals surface area contributed by atoms with Crippen LogP contribution in [0, 0.1) is 0 Å². The minimum Gasteiger partial charge on any atom is -0.376 e. The fourth-order valence-electron chi connectivity index (χ4n) is 2.59. The zero-order valence-corrected chi connectivity index (χ0v) is 12.9. The molecule has 1 saturated carbocycles. The molecule has 0 bridgehead atoms. The summed E-state index contributed by atoms with van der Waals surface area (Å²) in [4.78, 5) is 4.19. The summed E-state index contributed by atoms with van der Waals surface area (Å²) in [5.74, 6) is 0.786. The second-order valence-corrected chi connectivity index (χ2v) is 5.42. The molecule has 1 heterocycles. The van der Waals surface area contributed by atoms with Gasteiger partial charge in [0.05, 0.1) is 24.9 Å². The van der Waals surface area contributed by atoms with Crippen molar-refractivity contribution in [3.8, 4) is 0 Å². The minimum atomic E-state index is 0.453. The number of guanidine groups is 1. The van der Waals surface area contributed by atoms with Crippen molar-refractivity contribution in [1.82, 2.24) is 20.8 Å². The van der Waals surface area contributed by atoms with E-state index in [9.17, 15) is 0 Å². The molecule has 1 aromatic heterocycles. The summed E-state index contributed by atoms with van der Waals surface area (Å²) in [6.07, 6.45) is 9.98. The summed E-state index contributed by atoms with van der Waals surface area (Å²) in [5, 5.41) is 13.3. The monoisotopic (exact) mass is 293 g/mol. The highest BCUT2D eigenvalue weighted by Gasteiger charge is 2.12. The van der Waals surface area contributed by atoms with Crippen LogP contribution >= 0.6 is 0 Å². The van der Waals surface area contributed by atoms with Crippen LogP contribution in [0.5, 0.6) is 0 Å². The molecular formula is C15H27N5O. The second-order valence-electron chi connectivity index (χ2n) is 5.42. The van der Waals surface area contributed by atoms with Gasteiger partial charge >= 0.3 is 0 Å². The Morgan fingerprint density at radius 1 is 1.33 bits per heavy atom. The number of ether oxygens (including phenoxy) is 1. The molecule has 0 spiro atoms. The lowest BCUT2D eigenvalue weighted by Crippen LogP contribution is -2.39. The number of rotatable bonds is 6. The van der Waals surface area contributed by atoms with Crippen molar-refractivity contribution in [2.75, 3.05) is 20.2 Å². The molecule has 0 atom stereocenters. The first-order chi connectivity index (χ1) is 10.4. The van der Waals surface area contributed by atoms with E-state index in [1.807, 2.05) is 6.07 Å². The summed E-state index contributed by atoms with van der Waals surface area (Å²) in [7, 11) is 1.77. The molecule has 3 N–H and O–H groups in total. The molecule has 0 unspecified atom stereocenters. The maximum atomic E-state index is 5.95. The number of H-pyrrole nitrogens is 1. The van der Waals surface area contributed by atoms with Gasteiger partial charge in [0.2, 0.25) is 0 Å². The molecule has 6 heteroatoms. The average Bonchev–Trinajstić information content (AvgIpc) is 2.89. The van der Waals surface area contributed by atoms with Crippen LogP contribution in [0.15, 0.2) is 17.3 Å². The minimum absolute atomic E-state index is 0.453. The number of nitrogens with zero attached hydrogens (tertiary/aromatic N) is 2. The first kappa shape index (κ1) is 15.8. The Kier molecular flexibility index (Phi) is 7.07. The summed E-state index contributed by atoms with van der Waals surface area (Å²) >= 11 is 0.